The zero-order chi connectivity index (χ0) is 24.7. The van der Waals surface area contributed by atoms with Crippen molar-refractivity contribution < 1.29 is 22.6 Å². The molecule has 0 saturated heterocycles. The van der Waals surface area contributed by atoms with Crippen molar-refractivity contribution in [2.75, 3.05) is 12.0 Å². The Morgan fingerprint density at radius 3 is 2.57 bits per heavy atom. The second-order valence-corrected chi connectivity index (χ2v) is 8.26. The normalized spacial score (nSPS) is 11.5. The van der Waals surface area contributed by atoms with Gasteiger partial charge in [0.2, 0.25) is 5.13 Å². The maximum absolute atomic E-state index is 12.9. The molecule has 0 unspecified atom stereocenters. The summed E-state index contributed by atoms with van der Waals surface area (Å²) in [6, 6.07) is 20.2. The first kappa shape index (κ1) is 24.3. The number of thiazole rings is 1. The van der Waals surface area contributed by atoms with Crippen LogP contribution in [0.4, 0.5) is 18.3 Å². The number of ether oxygens (including phenoxy) is 2. The Bertz CT molecular complexity index is 1290. The van der Waals surface area contributed by atoms with Crippen LogP contribution >= 0.6 is 11.3 Å². The minimum atomic E-state index is -4.40. The fourth-order valence-electron chi connectivity index (χ4n) is 3.22. The number of hydrogen-bond donors (Lipinski definition) is 1. The van der Waals surface area contributed by atoms with E-state index in [4.69, 9.17) is 9.47 Å². The maximum Gasteiger partial charge on any atom is 0.416 e. The van der Waals surface area contributed by atoms with Crippen molar-refractivity contribution in [1.82, 2.24) is 4.98 Å². The molecule has 0 radical (unpaired) electrons. The molecule has 4 rings (SSSR count). The van der Waals surface area contributed by atoms with E-state index >= 15 is 0 Å². The summed E-state index contributed by atoms with van der Waals surface area (Å²) in [5, 5.41) is 6.86. The minimum absolute atomic E-state index is 0.0211. The monoisotopic (exact) mass is 497 g/mol. The molecule has 0 aliphatic heterocycles. The number of nitrogens with zero attached hydrogens (tertiary/aromatic N) is 2. The van der Waals surface area contributed by atoms with Crippen LogP contribution in [0.5, 0.6) is 11.5 Å². The summed E-state index contributed by atoms with van der Waals surface area (Å²) in [5.41, 5.74) is 5.29. The number of anilines is 1. The Labute approximate surface area is 204 Å². The molecule has 0 bridgehead atoms. The predicted octanol–water partition coefficient (Wildman–Crippen LogP) is 7.25. The highest BCUT2D eigenvalue weighted by atomic mass is 32.1. The molecule has 35 heavy (non-hydrogen) atoms. The molecular formula is C26H22F3N3O2S. The molecule has 0 saturated carbocycles. The zero-order valence-corrected chi connectivity index (χ0v) is 19.6. The number of benzene rings is 3. The highest BCUT2D eigenvalue weighted by Crippen LogP contribution is 2.32. The number of hydrogen-bond acceptors (Lipinski definition) is 6. The number of rotatable bonds is 9. The van der Waals surface area contributed by atoms with Crippen molar-refractivity contribution in [1.29, 1.82) is 0 Å². The quantitative estimate of drug-likeness (QED) is 0.195. The summed E-state index contributed by atoms with van der Waals surface area (Å²) in [4.78, 5) is 4.53. The fourth-order valence-corrected chi connectivity index (χ4v) is 3.89. The lowest BCUT2D eigenvalue weighted by molar-refractivity contribution is -0.137. The SMILES string of the molecule is CCOc1cc(C=NNc2nc(-c3ccccc3)cs2)ccc1OCc1cccc(C(F)(F)F)c1. The second kappa shape index (κ2) is 11.1. The molecule has 0 aliphatic carbocycles. The topological polar surface area (TPSA) is 55.7 Å². The fraction of sp³-hybridized carbons (Fsp3) is 0.154. The van der Waals surface area contributed by atoms with E-state index in [-0.39, 0.29) is 6.61 Å². The Morgan fingerprint density at radius 1 is 0.971 bits per heavy atom. The number of nitrogens with one attached hydrogen (secondary N) is 1. The Hall–Kier alpha value is -3.85. The van der Waals surface area contributed by atoms with E-state index in [1.807, 2.05) is 42.6 Å². The minimum Gasteiger partial charge on any atom is -0.490 e. The third kappa shape index (κ3) is 6.60. The molecule has 0 spiro atoms. The maximum atomic E-state index is 12.9. The molecule has 9 heteroatoms. The number of alkyl halides is 3. The number of halogens is 3. The van der Waals surface area contributed by atoms with Crippen molar-refractivity contribution in [2.45, 2.75) is 19.7 Å². The van der Waals surface area contributed by atoms with Gasteiger partial charge in [-0.05, 0) is 48.4 Å². The smallest absolute Gasteiger partial charge is 0.416 e. The van der Waals surface area contributed by atoms with Crippen molar-refractivity contribution in [3.8, 4) is 22.8 Å². The van der Waals surface area contributed by atoms with E-state index < -0.39 is 11.7 Å². The molecule has 5 nitrogen and oxygen atoms in total. The van der Waals surface area contributed by atoms with Crippen molar-refractivity contribution in [2.24, 2.45) is 5.10 Å². The first-order valence-corrected chi connectivity index (χ1v) is 11.7. The molecule has 3 aromatic carbocycles. The van der Waals surface area contributed by atoms with Crippen LogP contribution in [-0.4, -0.2) is 17.8 Å². The van der Waals surface area contributed by atoms with Crippen LogP contribution in [0, 0.1) is 0 Å². The summed E-state index contributed by atoms with van der Waals surface area (Å²) in [5.74, 6) is 0.908. The average Bonchev–Trinajstić information content (AvgIpc) is 3.33. The van der Waals surface area contributed by atoms with Gasteiger partial charge in [-0.3, -0.25) is 5.43 Å². The van der Waals surface area contributed by atoms with Gasteiger partial charge in [-0.2, -0.15) is 18.3 Å². The number of aromatic nitrogens is 1. The lowest BCUT2D eigenvalue weighted by Gasteiger charge is -2.13. The van der Waals surface area contributed by atoms with Gasteiger partial charge in [0.05, 0.1) is 24.1 Å². The van der Waals surface area contributed by atoms with Crippen LogP contribution in [0.2, 0.25) is 0 Å². The third-order valence-corrected chi connectivity index (χ3v) is 5.61. The molecule has 0 amide bonds. The summed E-state index contributed by atoms with van der Waals surface area (Å²) in [7, 11) is 0. The average molecular weight is 498 g/mol. The molecule has 0 fully saturated rings. The molecule has 1 heterocycles. The van der Waals surface area contributed by atoms with E-state index in [1.165, 1.54) is 17.4 Å². The van der Waals surface area contributed by atoms with Crippen LogP contribution in [0.15, 0.2) is 83.3 Å². The van der Waals surface area contributed by atoms with E-state index in [2.05, 4.69) is 15.5 Å². The first-order chi connectivity index (χ1) is 16.9. The van der Waals surface area contributed by atoms with Crippen LogP contribution in [0.25, 0.3) is 11.3 Å². The third-order valence-electron chi connectivity index (χ3n) is 4.86. The van der Waals surface area contributed by atoms with Crippen LogP contribution in [0.3, 0.4) is 0 Å². The van der Waals surface area contributed by atoms with Gasteiger partial charge in [0, 0.05) is 10.9 Å². The summed E-state index contributed by atoms with van der Waals surface area (Å²) >= 11 is 1.45. The Morgan fingerprint density at radius 2 is 1.80 bits per heavy atom. The van der Waals surface area contributed by atoms with Crippen molar-refractivity contribution in [3.05, 3.63) is 94.9 Å². The van der Waals surface area contributed by atoms with Gasteiger partial charge in [0.15, 0.2) is 11.5 Å². The largest absolute Gasteiger partial charge is 0.490 e. The molecule has 0 atom stereocenters. The number of hydrazone groups is 1. The standard InChI is InChI=1S/C26H22F3N3O2S/c1-2-33-24-14-18(15-30-32-25-31-22(17-35-25)20-8-4-3-5-9-20)11-12-23(24)34-16-19-7-6-10-21(13-19)26(27,28)29/h3-15,17H,2,16H2,1H3,(H,31,32). The Balaban J connectivity index is 1.41. The van der Waals surface area contributed by atoms with Crippen molar-refractivity contribution >= 4 is 22.7 Å². The molecule has 180 valence electrons. The van der Waals surface area contributed by atoms with E-state index in [1.54, 1.807) is 30.5 Å². The summed E-state index contributed by atoms with van der Waals surface area (Å²) in [6.45, 7) is 2.22. The van der Waals surface area contributed by atoms with Crippen LogP contribution in [0.1, 0.15) is 23.6 Å². The van der Waals surface area contributed by atoms with E-state index in [9.17, 15) is 13.2 Å². The van der Waals surface area contributed by atoms with Gasteiger partial charge < -0.3 is 9.47 Å². The van der Waals surface area contributed by atoms with Gasteiger partial charge in [0.1, 0.15) is 6.61 Å². The van der Waals surface area contributed by atoms with E-state index in [0.29, 0.717) is 28.8 Å². The lowest BCUT2D eigenvalue weighted by Crippen LogP contribution is -2.06. The molecule has 4 aromatic rings. The lowest BCUT2D eigenvalue weighted by atomic mass is 10.1. The second-order valence-electron chi connectivity index (χ2n) is 7.40. The van der Waals surface area contributed by atoms with Crippen LogP contribution in [-0.2, 0) is 12.8 Å². The highest BCUT2D eigenvalue weighted by Gasteiger charge is 2.30. The zero-order valence-electron chi connectivity index (χ0n) is 18.8. The summed E-state index contributed by atoms with van der Waals surface area (Å²) in [6.07, 6.45) is -2.77. The van der Waals surface area contributed by atoms with Gasteiger partial charge in [-0.1, -0.05) is 42.5 Å². The molecular weight excluding hydrogens is 475 g/mol. The van der Waals surface area contributed by atoms with Gasteiger partial charge in [0.25, 0.3) is 0 Å². The Kier molecular flexibility index (Phi) is 7.67. The van der Waals surface area contributed by atoms with Gasteiger partial charge in [-0.25, -0.2) is 4.98 Å². The molecule has 1 aromatic heterocycles. The van der Waals surface area contributed by atoms with Crippen LogP contribution < -0.4 is 14.9 Å². The van der Waals surface area contributed by atoms with E-state index in [0.717, 1.165) is 29.0 Å². The van der Waals surface area contributed by atoms with Gasteiger partial charge in [-0.15, -0.1) is 11.3 Å². The predicted molar refractivity (Wildman–Crippen MR) is 132 cm³/mol. The summed E-state index contributed by atoms with van der Waals surface area (Å²) < 4.78 is 50.3. The molecule has 0 aliphatic rings. The first-order valence-electron chi connectivity index (χ1n) is 10.8. The van der Waals surface area contributed by atoms with Gasteiger partial charge >= 0.3 is 6.18 Å². The highest BCUT2D eigenvalue weighted by molar-refractivity contribution is 7.14. The van der Waals surface area contributed by atoms with Crippen molar-refractivity contribution in [3.63, 3.8) is 0 Å². The molecule has 1 N–H and O–H groups in total.